The maximum atomic E-state index is 13.4. The minimum absolute atomic E-state index is 0.0184. The topological polar surface area (TPSA) is 146 Å². The van der Waals surface area contributed by atoms with Gasteiger partial charge in [0.1, 0.15) is 23.5 Å². The molecule has 2 amide bonds. The van der Waals surface area contributed by atoms with Crippen molar-refractivity contribution in [3.8, 4) is 29.2 Å². The normalized spacial score (nSPS) is 21.3. The van der Waals surface area contributed by atoms with Crippen molar-refractivity contribution >= 4 is 28.9 Å². The summed E-state index contributed by atoms with van der Waals surface area (Å²) >= 11 is 0. The number of aromatic nitrogens is 2. The Morgan fingerprint density at radius 1 is 1.23 bits per heavy atom. The standard InChI is InChI=1S/C29H31N5O6/c1-4-22-21-8-7-18-14-25(21)34(31-22)15-29(2,3)16-40-27(37)23-6-5-9-33(32-23)26(36)24(30-28(38)39)12-17-10-19(18)13-20(35)11-17/h1,7-8,10-11,13-14,23-24,30,32,35H,5-6,9,12,15-16H2,2-3H3,(H,38,39)/t23-,24-/m0/s1. The molecule has 6 bridgehead atoms. The van der Waals surface area contributed by atoms with Crippen LogP contribution in [0.4, 0.5) is 4.79 Å². The molecule has 5 rings (SSSR count). The number of esters is 1. The molecule has 0 unspecified atom stereocenters. The van der Waals surface area contributed by atoms with Gasteiger partial charge >= 0.3 is 12.1 Å². The Hall–Kier alpha value is -4.56. The second-order valence-electron chi connectivity index (χ2n) is 11.1. The number of rotatable bonds is 1. The number of fused-ring (bicyclic) bond motifs is 6. The second-order valence-corrected chi connectivity index (χ2v) is 11.1. The van der Waals surface area contributed by atoms with Crippen LogP contribution in [0.15, 0.2) is 36.4 Å². The number of carboxylic acid groups (broad SMARTS) is 1. The molecule has 11 heteroatoms. The molecule has 2 atom stereocenters. The molecule has 3 aromatic rings. The Morgan fingerprint density at radius 3 is 2.77 bits per heavy atom. The number of cyclic esters (lactones) is 1. The van der Waals surface area contributed by atoms with Crippen LogP contribution in [-0.4, -0.2) is 68.2 Å². The third-order valence-electron chi connectivity index (χ3n) is 7.15. The van der Waals surface area contributed by atoms with E-state index in [2.05, 4.69) is 21.8 Å². The summed E-state index contributed by atoms with van der Waals surface area (Å²) < 4.78 is 7.49. The molecule has 0 radical (unpaired) electrons. The summed E-state index contributed by atoms with van der Waals surface area (Å²) in [7, 11) is 0. The lowest BCUT2D eigenvalue weighted by Crippen LogP contribution is -2.60. The molecule has 3 heterocycles. The summed E-state index contributed by atoms with van der Waals surface area (Å²) in [4.78, 5) is 38.0. The van der Waals surface area contributed by atoms with E-state index in [0.717, 1.165) is 16.5 Å². The van der Waals surface area contributed by atoms with Gasteiger partial charge in [-0.25, -0.2) is 10.2 Å². The van der Waals surface area contributed by atoms with Gasteiger partial charge in [-0.1, -0.05) is 26.0 Å². The smallest absolute Gasteiger partial charge is 0.405 e. The largest absolute Gasteiger partial charge is 0.508 e. The van der Waals surface area contributed by atoms with Gasteiger partial charge in [0.25, 0.3) is 5.91 Å². The van der Waals surface area contributed by atoms with Gasteiger partial charge in [-0.15, -0.1) is 6.42 Å². The lowest BCUT2D eigenvalue weighted by Gasteiger charge is -2.35. The molecule has 0 saturated carbocycles. The predicted octanol–water partition coefficient (Wildman–Crippen LogP) is 2.65. The summed E-state index contributed by atoms with van der Waals surface area (Å²) in [5.74, 6) is 1.58. The van der Waals surface area contributed by atoms with Crippen molar-refractivity contribution in [1.29, 1.82) is 0 Å². The van der Waals surface area contributed by atoms with E-state index in [1.807, 2.05) is 38.1 Å². The van der Waals surface area contributed by atoms with E-state index in [1.165, 1.54) is 11.1 Å². The molecule has 1 aromatic heterocycles. The number of aromatic hydroxyl groups is 1. The average Bonchev–Trinajstić information content (AvgIpc) is 3.26. The third kappa shape index (κ3) is 5.58. The van der Waals surface area contributed by atoms with Gasteiger partial charge in [-0.3, -0.25) is 19.3 Å². The first-order valence-corrected chi connectivity index (χ1v) is 13.1. The van der Waals surface area contributed by atoms with E-state index >= 15 is 0 Å². The highest BCUT2D eigenvalue weighted by molar-refractivity contribution is 5.89. The number of phenolic OH excluding ortho intramolecular Hbond substituents is 1. The number of benzene rings is 2. The lowest BCUT2D eigenvalue weighted by atomic mass is 9.94. The molecule has 0 aliphatic carbocycles. The van der Waals surface area contributed by atoms with Crippen LogP contribution in [0.3, 0.4) is 0 Å². The molecule has 1 saturated heterocycles. The monoisotopic (exact) mass is 545 g/mol. The Labute approximate surface area is 231 Å². The maximum absolute atomic E-state index is 13.4. The van der Waals surface area contributed by atoms with E-state index in [0.29, 0.717) is 42.8 Å². The van der Waals surface area contributed by atoms with Gasteiger partial charge in [-0.05, 0) is 59.7 Å². The van der Waals surface area contributed by atoms with Gasteiger partial charge in [0.2, 0.25) is 0 Å². The first-order valence-electron chi connectivity index (χ1n) is 13.1. The van der Waals surface area contributed by atoms with Crippen molar-refractivity contribution in [3.63, 3.8) is 0 Å². The van der Waals surface area contributed by atoms with E-state index in [9.17, 15) is 24.6 Å². The number of hydrazine groups is 1. The van der Waals surface area contributed by atoms with Crippen LogP contribution < -0.4 is 10.7 Å². The van der Waals surface area contributed by atoms with Crippen LogP contribution >= 0.6 is 0 Å². The number of ether oxygens (including phenoxy) is 1. The fraction of sp³-hybridized carbons (Fsp3) is 0.379. The molecule has 2 aromatic carbocycles. The van der Waals surface area contributed by atoms with Crippen molar-refractivity contribution in [2.45, 2.75) is 51.7 Å². The molecule has 1 fully saturated rings. The molecule has 0 spiro atoms. The van der Waals surface area contributed by atoms with Crippen molar-refractivity contribution in [1.82, 2.24) is 25.5 Å². The SMILES string of the molecule is C#Cc1nn2c3cc(ccc13)-c1cc(O)cc(c1)C[C@H](NC(=O)O)C(=O)N1CCC[C@H](N1)C(=O)OCC(C)(C)C2. The maximum Gasteiger partial charge on any atom is 0.405 e. The van der Waals surface area contributed by atoms with Crippen molar-refractivity contribution in [2.75, 3.05) is 13.2 Å². The van der Waals surface area contributed by atoms with Crippen LogP contribution in [0.5, 0.6) is 5.75 Å². The number of phenols is 1. The molecule has 2 aliphatic heterocycles. The Morgan fingerprint density at radius 2 is 2.02 bits per heavy atom. The number of nitrogens with one attached hydrogen (secondary N) is 2. The van der Waals surface area contributed by atoms with Crippen molar-refractivity contribution in [2.24, 2.45) is 5.41 Å². The third-order valence-corrected chi connectivity index (χ3v) is 7.15. The minimum atomic E-state index is -1.36. The van der Waals surface area contributed by atoms with E-state index < -0.39 is 35.5 Å². The average molecular weight is 546 g/mol. The lowest BCUT2D eigenvalue weighted by molar-refractivity contribution is -0.155. The number of nitrogens with zero attached hydrogens (tertiary/aromatic N) is 3. The number of hydrogen-bond donors (Lipinski definition) is 4. The summed E-state index contributed by atoms with van der Waals surface area (Å²) in [6, 6.07) is 8.66. The van der Waals surface area contributed by atoms with Crippen LogP contribution in [0.2, 0.25) is 0 Å². The zero-order chi connectivity index (χ0) is 28.6. The Balaban J connectivity index is 1.63. The first-order chi connectivity index (χ1) is 19.0. The molecular weight excluding hydrogens is 514 g/mol. The Kier molecular flexibility index (Phi) is 7.12. The fourth-order valence-corrected chi connectivity index (χ4v) is 5.25. The van der Waals surface area contributed by atoms with Crippen LogP contribution in [0, 0.1) is 17.8 Å². The minimum Gasteiger partial charge on any atom is -0.508 e. The molecular formula is C29H31N5O6. The number of hydrogen-bond acceptors (Lipinski definition) is 7. The summed E-state index contributed by atoms with van der Waals surface area (Å²) in [6.45, 7) is 4.73. The molecule has 2 aliphatic rings. The highest BCUT2D eigenvalue weighted by Gasteiger charge is 2.34. The second kappa shape index (κ2) is 10.5. The number of terminal acetylenes is 1. The molecule has 4 N–H and O–H groups in total. The quantitative estimate of drug-likeness (QED) is 0.270. The van der Waals surface area contributed by atoms with Crippen molar-refractivity contribution in [3.05, 3.63) is 47.7 Å². The van der Waals surface area contributed by atoms with Crippen LogP contribution in [0.25, 0.3) is 22.0 Å². The van der Waals surface area contributed by atoms with Gasteiger partial charge < -0.3 is 20.3 Å². The zero-order valence-electron chi connectivity index (χ0n) is 22.3. The van der Waals surface area contributed by atoms with Crippen LogP contribution in [0.1, 0.15) is 37.9 Å². The van der Waals surface area contributed by atoms with Gasteiger partial charge in [0.05, 0.1) is 18.7 Å². The predicted molar refractivity (Wildman–Crippen MR) is 146 cm³/mol. The summed E-state index contributed by atoms with van der Waals surface area (Å²) in [5, 5.41) is 29.0. The first kappa shape index (κ1) is 27.0. The Bertz CT molecular complexity index is 1540. The number of carbonyl (C=O) groups excluding carboxylic acids is 2. The van der Waals surface area contributed by atoms with Gasteiger partial charge in [0.15, 0.2) is 0 Å². The molecule has 208 valence electrons. The molecule has 40 heavy (non-hydrogen) atoms. The van der Waals surface area contributed by atoms with Crippen LogP contribution in [-0.2, 0) is 27.3 Å². The van der Waals surface area contributed by atoms with Gasteiger partial charge in [-0.2, -0.15) is 5.10 Å². The van der Waals surface area contributed by atoms with E-state index in [1.54, 1.807) is 10.7 Å². The van der Waals surface area contributed by atoms with E-state index in [-0.39, 0.29) is 18.8 Å². The number of amides is 2. The highest BCUT2D eigenvalue weighted by atomic mass is 16.5. The number of carbonyl (C=O) groups is 3. The summed E-state index contributed by atoms with van der Waals surface area (Å²) in [5.41, 5.74) is 5.68. The van der Waals surface area contributed by atoms with Crippen molar-refractivity contribution < 1.29 is 29.3 Å². The zero-order valence-corrected chi connectivity index (χ0v) is 22.3. The highest BCUT2D eigenvalue weighted by Crippen LogP contribution is 2.31. The molecule has 11 nitrogen and oxygen atoms in total. The fourth-order valence-electron chi connectivity index (χ4n) is 5.25. The van der Waals surface area contributed by atoms with Gasteiger partial charge in [0, 0.05) is 23.8 Å². The summed E-state index contributed by atoms with van der Waals surface area (Å²) in [6.07, 6.45) is 5.36. The van der Waals surface area contributed by atoms with E-state index in [4.69, 9.17) is 11.2 Å².